The van der Waals surface area contributed by atoms with E-state index in [2.05, 4.69) is 15.3 Å². The maximum absolute atomic E-state index is 15.2. The Kier molecular flexibility index (Phi) is 5.93. The number of benzene rings is 1. The maximum atomic E-state index is 15.2. The number of hydrogen-bond donors (Lipinski definition) is 1. The summed E-state index contributed by atoms with van der Waals surface area (Å²) in [6.07, 6.45) is 0.615. The molecule has 5 rings (SSSR count). The average molecular weight is 506 g/mol. The first-order chi connectivity index (χ1) is 17.0. The number of carbonyl (C=O) groups is 1. The van der Waals surface area contributed by atoms with Gasteiger partial charge in [-0.2, -0.15) is 0 Å². The fraction of sp³-hybridized carbons (Fsp3) is 0.480. The van der Waals surface area contributed by atoms with Crippen molar-refractivity contribution in [1.29, 1.82) is 0 Å². The number of piperazine rings is 1. The van der Waals surface area contributed by atoms with Gasteiger partial charge in [0.2, 0.25) is 0 Å². The molecule has 2 aliphatic rings. The monoisotopic (exact) mass is 505 g/mol. The fourth-order valence-corrected chi connectivity index (χ4v) is 4.84. The number of alkyl halides is 2. The van der Waals surface area contributed by atoms with Crippen molar-refractivity contribution in [2.45, 2.75) is 57.1 Å². The van der Waals surface area contributed by atoms with Crippen LogP contribution in [0.15, 0.2) is 30.7 Å². The molecule has 1 N–H and O–H groups in total. The summed E-state index contributed by atoms with van der Waals surface area (Å²) in [6.45, 7) is 5.05. The first-order valence-corrected chi connectivity index (χ1v) is 11.8. The number of halogens is 4. The number of fused-ring (bicyclic) bond motifs is 1. The van der Waals surface area contributed by atoms with E-state index in [0.29, 0.717) is 17.5 Å². The van der Waals surface area contributed by atoms with Gasteiger partial charge in [-0.1, -0.05) is 0 Å². The van der Waals surface area contributed by atoms with Gasteiger partial charge in [0.1, 0.15) is 29.2 Å². The van der Waals surface area contributed by atoms with Crippen molar-refractivity contribution < 1.29 is 27.1 Å². The van der Waals surface area contributed by atoms with Gasteiger partial charge >= 0.3 is 6.09 Å². The molecule has 11 heteroatoms. The first kappa shape index (κ1) is 24.5. The van der Waals surface area contributed by atoms with Crippen LogP contribution in [0.25, 0.3) is 16.7 Å². The van der Waals surface area contributed by atoms with Crippen molar-refractivity contribution in [3.05, 3.63) is 53.6 Å². The number of aromatic nitrogens is 3. The van der Waals surface area contributed by atoms with Gasteiger partial charge in [-0.25, -0.2) is 32.3 Å². The Morgan fingerprint density at radius 2 is 1.86 bits per heavy atom. The van der Waals surface area contributed by atoms with E-state index in [1.807, 2.05) is 0 Å². The first-order valence-electron chi connectivity index (χ1n) is 11.8. The van der Waals surface area contributed by atoms with Gasteiger partial charge in [0.15, 0.2) is 5.54 Å². The van der Waals surface area contributed by atoms with E-state index >= 15 is 8.78 Å². The van der Waals surface area contributed by atoms with Crippen molar-refractivity contribution in [1.82, 2.24) is 24.8 Å². The van der Waals surface area contributed by atoms with Crippen molar-refractivity contribution in [3.8, 4) is 5.69 Å². The van der Waals surface area contributed by atoms with E-state index < -0.39 is 35.3 Å². The highest BCUT2D eigenvalue weighted by atomic mass is 19.3. The summed E-state index contributed by atoms with van der Waals surface area (Å²) >= 11 is 0. The van der Waals surface area contributed by atoms with E-state index in [1.54, 1.807) is 27.0 Å². The highest BCUT2D eigenvalue weighted by Gasteiger charge is 2.54. The summed E-state index contributed by atoms with van der Waals surface area (Å²) in [4.78, 5) is 22.9. The van der Waals surface area contributed by atoms with Gasteiger partial charge in [-0.05, 0) is 57.2 Å². The van der Waals surface area contributed by atoms with Gasteiger partial charge in [-0.3, -0.25) is 4.90 Å². The van der Waals surface area contributed by atoms with Crippen LogP contribution in [0, 0.1) is 11.6 Å². The smallest absolute Gasteiger partial charge is 0.411 e. The van der Waals surface area contributed by atoms with Crippen LogP contribution in [0.4, 0.5) is 22.4 Å². The molecular formula is C25H27F4N5O2. The average Bonchev–Trinajstić information content (AvgIpc) is 3.56. The van der Waals surface area contributed by atoms with Crippen molar-refractivity contribution in [2.24, 2.45) is 0 Å². The Labute approximate surface area is 205 Å². The second-order valence-electron chi connectivity index (χ2n) is 10.3. The third-order valence-electron chi connectivity index (χ3n) is 6.53. The molecule has 192 valence electrons. The molecule has 1 atom stereocenters. The molecule has 0 bridgehead atoms. The number of nitrogens with one attached hydrogen (secondary N) is 1. The molecular weight excluding hydrogens is 478 g/mol. The van der Waals surface area contributed by atoms with Crippen molar-refractivity contribution >= 4 is 17.1 Å². The lowest BCUT2D eigenvalue weighted by Gasteiger charge is -2.46. The molecule has 3 heterocycles. The van der Waals surface area contributed by atoms with Crippen LogP contribution in [0.5, 0.6) is 0 Å². The summed E-state index contributed by atoms with van der Waals surface area (Å²) in [7, 11) is 0. The second kappa shape index (κ2) is 8.72. The number of rotatable bonds is 4. The molecule has 0 radical (unpaired) electrons. The molecule has 7 nitrogen and oxygen atoms in total. The number of ether oxygens (including phenoxy) is 1. The maximum Gasteiger partial charge on any atom is 0.411 e. The Hall–Kier alpha value is -3.21. The number of carbonyl (C=O) groups excluding carboxylic acids is 1. The van der Waals surface area contributed by atoms with Crippen LogP contribution >= 0.6 is 0 Å². The molecule has 1 aliphatic heterocycles. The van der Waals surface area contributed by atoms with Crippen molar-refractivity contribution in [3.63, 3.8) is 0 Å². The topological polar surface area (TPSA) is 72.3 Å². The summed E-state index contributed by atoms with van der Waals surface area (Å²) < 4.78 is 65.4. The molecule has 1 aliphatic carbocycles. The van der Waals surface area contributed by atoms with Gasteiger partial charge < -0.3 is 14.6 Å². The van der Waals surface area contributed by atoms with E-state index in [0.717, 1.165) is 42.3 Å². The number of hydrogen-bond acceptors (Lipinski definition) is 5. The minimum Gasteiger partial charge on any atom is -0.444 e. The van der Waals surface area contributed by atoms with Crippen LogP contribution in [-0.4, -0.2) is 57.2 Å². The van der Waals surface area contributed by atoms with Crippen LogP contribution < -0.4 is 5.32 Å². The van der Waals surface area contributed by atoms with Gasteiger partial charge in [-0.15, -0.1) is 0 Å². The molecule has 2 fully saturated rings. The minimum atomic E-state index is -3.02. The van der Waals surface area contributed by atoms with Gasteiger partial charge in [0, 0.05) is 37.3 Å². The lowest BCUT2D eigenvalue weighted by Crippen LogP contribution is -2.65. The third-order valence-corrected chi connectivity index (χ3v) is 6.53. The van der Waals surface area contributed by atoms with E-state index in [1.165, 1.54) is 4.57 Å². The number of nitrogens with zero attached hydrogens (tertiary/aromatic N) is 4. The highest BCUT2D eigenvalue weighted by Crippen LogP contribution is 2.48. The fourth-order valence-electron chi connectivity index (χ4n) is 4.84. The van der Waals surface area contributed by atoms with Gasteiger partial charge in [0.25, 0.3) is 6.43 Å². The zero-order chi connectivity index (χ0) is 25.8. The van der Waals surface area contributed by atoms with Crippen molar-refractivity contribution in [2.75, 3.05) is 19.6 Å². The normalized spacial score (nSPS) is 20.8. The zero-order valence-electron chi connectivity index (χ0n) is 20.2. The molecule has 36 heavy (non-hydrogen) atoms. The van der Waals surface area contributed by atoms with Gasteiger partial charge in [0.05, 0.1) is 11.4 Å². The van der Waals surface area contributed by atoms with Crippen LogP contribution in [-0.2, 0) is 10.3 Å². The van der Waals surface area contributed by atoms with E-state index in [9.17, 15) is 13.6 Å². The summed E-state index contributed by atoms with van der Waals surface area (Å²) in [5, 5.41) is 3.35. The predicted octanol–water partition coefficient (Wildman–Crippen LogP) is 4.88. The Bertz CT molecular complexity index is 1300. The molecule has 1 amide bonds. The number of amides is 1. The summed E-state index contributed by atoms with van der Waals surface area (Å²) in [6, 6.07) is 3.06. The van der Waals surface area contributed by atoms with Crippen LogP contribution in [0.2, 0.25) is 0 Å². The third kappa shape index (κ3) is 4.19. The van der Waals surface area contributed by atoms with E-state index in [-0.39, 0.29) is 36.0 Å². The Balaban J connectivity index is 1.75. The zero-order valence-corrected chi connectivity index (χ0v) is 20.2. The highest BCUT2D eigenvalue weighted by molar-refractivity contribution is 5.87. The molecule has 1 aromatic carbocycles. The van der Waals surface area contributed by atoms with Crippen LogP contribution in [0.3, 0.4) is 0 Å². The quantitative estimate of drug-likeness (QED) is 0.512. The van der Waals surface area contributed by atoms with Crippen LogP contribution in [0.1, 0.15) is 50.8 Å². The molecule has 2 aromatic heterocycles. The SMILES string of the molecule is CC(C)(C)OC(=O)N1CCNCC1(c1ncnc2c1c(C1CC1)cn2-c1cc(F)cc(F)c1)C(F)F. The summed E-state index contributed by atoms with van der Waals surface area (Å²) in [5.74, 6) is -1.48. The molecule has 0 spiro atoms. The van der Waals surface area contributed by atoms with E-state index in [4.69, 9.17) is 4.74 Å². The standard InChI is InChI=1S/C25H27F4N5O2/c1-24(2,3)36-23(35)34-7-6-30-12-25(34,22(28)29)20-19-18(14-4-5-14)11-33(21(19)32-13-31-20)17-9-15(26)8-16(27)10-17/h8-11,13-14,22,30H,4-7,12H2,1-3H3. The molecule has 3 aromatic rings. The molecule has 1 unspecified atom stereocenters. The largest absolute Gasteiger partial charge is 0.444 e. The Morgan fingerprint density at radius 1 is 1.17 bits per heavy atom. The molecule has 1 saturated heterocycles. The lowest BCUT2D eigenvalue weighted by molar-refractivity contribution is -0.0794. The summed E-state index contributed by atoms with van der Waals surface area (Å²) in [5.41, 5.74) is -1.92. The minimum absolute atomic E-state index is 0.0146. The second-order valence-corrected chi connectivity index (χ2v) is 10.3. The molecule has 1 saturated carbocycles. The Morgan fingerprint density at radius 3 is 2.47 bits per heavy atom. The lowest BCUT2D eigenvalue weighted by atomic mass is 9.87. The predicted molar refractivity (Wildman–Crippen MR) is 124 cm³/mol.